The molecule has 0 fully saturated rings. The molecule has 0 radical (unpaired) electrons. The molecule has 0 saturated carbocycles. The molecule has 0 aliphatic heterocycles. The third-order valence-electron chi connectivity index (χ3n) is 3.53. The summed E-state index contributed by atoms with van der Waals surface area (Å²) in [4.78, 5) is 31.7. The minimum absolute atomic E-state index is 0.109. The molecule has 148 valence electrons. The molecular formula is C16H12F3N3O6. The fourth-order valence-electron chi connectivity index (χ4n) is 2.25. The maximum absolute atomic E-state index is 13.1. The second-order valence-corrected chi connectivity index (χ2v) is 5.53. The van der Waals surface area contributed by atoms with Crippen molar-refractivity contribution in [1.82, 2.24) is 0 Å². The van der Waals surface area contributed by atoms with Crippen molar-refractivity contribution in [2.45, 2.75) is 13.1 Å². The highest BCUT2D eigenvalue weighted by Crippen LogP contribution is 2.37. The summed E-state index contributed by atoms with van der Waals surface area (Å²) in [5.74, 6) is -0.839. The van der Waals surface area contributed by atoms with Crippen LogP contribution >= 0.6 is 0 Å². The monoisotopic (exact) mass is 399 g/mol. The number of halogens is 3. The number of hydrogen-bond donors (Lipinski definition) is 1. The molecule has 0 saturated heterocycles. The molecule has 1 amide bonds. The van der Waals surface area contributed by atoms with Gasteiger partial charge in [0.1, 0.15) is 5.75 Å². The van der Waals surface area contributed by atoms with Crippen LogP contribution in [0.25, 0.3) is 0 Å². The number of aryl methyl sites for hydroxylation is 1. The van der Waals surface area contributed by atoms with Crippen molar-refractivity contribution >= 4 is 23.0 Å². The van der Waals surface area contributed by atoms with Crippen molar-refractivity contribution in [2.75, 3.05) is 11.9 Å². The normalized spacial score (nSPS) is 11.0. The minimum Gasteiger partial charge on any atom is -0.484 e. The van der Waals surface area contributed by atoms with Crippen molar-refractivity contribution in [2.24, 2.45) is 0 Å². The molecule has 1 N–H and O–H groups in total. The van der Waals surface area contributed by atoms with E-state index in [1.807, 2.05) is 5.32 Å². The van der Waals surface area contributed by atoms with Crippen molar-refractivity contribution in [3.05, 3.63) is 67.8 Å². The molecule has 0 spiro atoms. The molecule has 2 aromatic rings. The maximum atomic E-state index is 13.1. The predicted molar refractivity (Wildman–Crippen MR) is 90.1 cm³/mol. The molecule has 0 atom stereocenters. The summed E-state index contributed by atoms with van der Waals surface area (Å²) >= 11 is 0. The van der Waals surface area contributed by atoms with Crippen molar-refractivity contribution in [3.8, 4) is 5.75 Å². The fourth-order valence-corrected chi connectivity index (χ4v) is 2.25. The van der Waals surface area contributed by atoms with Crippen LogP contribution in [0.5, 0.6) is 5.75 Å². The summed E-state index contributed by atoms with van der Waals surface area (Å²) in [7, 11) is 0. The van der Waals surface area contributed by atoms with E-state index in [0.29, 0.717) is 6.07 Å². The van der Waals surface area contributed by atoms with Crippen LogP contribution in [0.4, 0.5) is 30.2 Å². The van der Waals surface area contributed by atoms with Crippen molar-refractivity contribution in [3.63, 3.8) is 0 Å². The zero-order valence-electron chi connectivity index (χ0n) is 14.1. The van der Waals surface area contributed by atoms with Crippen LogP contribution in [0.1, 0.15) is 11.1 Å². The first-order valence-corrected chi connectivity index (χ1v) is 7.52. The van der Waals surface area contributed by atoms with E-state index in [1.54, 1.807) is 0 Å². The van der Waals surface area contributed by atoms with Crippen LogP contribution in [-0.4, -0.2) is 22.4 Å². The third kappa shape index (κ3) is 4.93. The lowest BCUT2D eigenvalue weighted by Gasteiger charge is -2.14. The number of benzene rings is 2. The molecule has 0 aromatic heterocycles. The van der Waals surface area contributed by atoms with E-state index >= 15 is 0 Å². The topological polar surface area (TPSA) is 125 Å². The zero-order valence-corrected chi connectivity index (χ0v) is 14.1. The van der Waals surface area contributed by atoms with Gasteiger partial charge >= 0.3 is 6.18 Å². The van der Waals surface area contributed by atoms with Gasteiger partial charge < -0.3 is 10.1 Å². The molecule has 2 rings (SSSR count). The number of nitrogens with one attached hydrogen (secondary N) is 1. The number of anilines is 1. The number of hydrogen-bond acceptors (Lipinski definition) is 6. The Hall–Kier alpha value is -3.70. The van der Waals surface area contributed by atoms with E-state index in [2.05, 4.69) is 0 Å². The highest BCUT2D eigenvalue weighted by Gasteiger charge is 2.35. The first kappa shape index (κ1) is 20.6. The lowest BCUT2D eigenvalue weighted by molar-refractivity contribution is -0.385. The first-order chi connectivity index (χ1) is 13.0. The maximum Gasteiger partial charge on any atom is 0.418 e. The number of nitrogens with zero attached hydrogens (tertiary/aromatic N) is 2. The van der Waals surface area contributed by atoms with Gasteiger partial charge in [-0.15, -0.1) is 0 Å². The Kier molecular flexibility index (Phi) is 5.81. The second-order valence-electron chi connectivity index (χ2n) is 5.53. The summed E-state index contributed by atoms with van der Waals surface area (Å²) in [6, 6.07) is 5.63. The Morgan fingerprint density at radius 3 is 2.32 bits per heavy atom. The van der Waals surface area contributed by atoms with E-state index in [1.165, 1.54) is 25.1 Å². The van der Waals surface area contributed by atoms with Gasteiger partial charge in [-0.2, -0.15) is 13.2 Å². The van der Waals surface area contributed by atoms with Gasteiger partial charge in [-0.25, -0.2) is 0 Å². The highest BCUT2D eigenvalue weighted by molar-refractivity contribution is 5.93. The number of non-ortho nitro benzene ring substituents is 1. The van der Waals surface area contributed by atoms with Gasteiger partial charge in [0, 0.05) is 23.8 Å². The molecule has 0 bridgehead atoms. The fraction of sp³-hybridized carbons (Fsp3) is 0.188. The van der Waals surface area contributed by atoms with Crippen molar-refractivity contribution in [1.29, 1.82) is 0 Å². The molecule has 0 aliphatic rings. The Labute approximate surface area is 155 Å². The molecule has 0 heterocycles. The molecular weight excluding hydrogens is 387 g/mol. The van der Waals surface area contributed by atoms with Crippen molar-refractivity contribution < 1.29 is 32.5 Å². The molecule has 2 aromatic carbocycles. The quantitative estimate of drug-likeness (QED) is 0.581. The van der Waals surface area contributed by atoms with Crippen LogP contribution < -0.4 is 10.1 Å². The second kappa shape index (κ2) is 7.90. The number of carbonyl (C=O) groups is 1. The SMILES string of the molecule is Cc1cc(OCC(=O)Nc2ccc([N+](=O)[O-])cc2C(F)(F)F)ccc1[N+](=O)[O-]. The summed E-state index contributed by atoms with van der Waals surface area (Å²) in [5.41, 5.74) is -2.69. The van der Waals surface area contributed by atoms with E-state index in [0.717, 1.165) is 12.1 Å². The number of alkyl halides is 3. The van der Waals surface area contributed by atoms with Gasteiger partial charge in [-0.3, -0.25) is 25.0 Å². The summed E-state index contributed by atoms with van der Waals surface area (Å²) in [6.45, 7) is 0.781. The average Bonchev–Trinajstić information content (AvgIpc) is 2.59. The molecule has 0 unspecified atom stereocenters. The standard InChI is InChI=1S/C16H12F3N3O6/c1-9-6-11(3-5-14(9)22(26)27)28-8-15(23)20-13-4-2-10(21(24)25)7-12(13)16(17,18)19/h2-7H,8H2,1H3,(H,20,23). The van der Waals surface area contributed by atoms with Gasteiger partial charge in [0.15, 0.2) is 6.61 Å². The van der Waals surface area contributed by atoms with Crippen LogP contribution in [0.2, 0.25) is 0 Å². The van der Waals surface area contributed by atoms with Crippen LogP contribution in [0, 0.1) is 27.2 Å². The van der Waals surface area contributed by atoms with E-state index < -0.39 is 45.5 Å². The van der Waals surface area contributed by atoms with Crippen LogP contribution in [-0.2, 0) is 11.0 Å². The summed E-state index contributed by atoms with van der Waals surface area (Å²) in [5, 5.41) is 23.4. The molecule has 28 heavy (non-hydrogen) atoms. The molecule has 12 heteroatoms. The smallest absolute Gasteiger partial charge is 0.418 e. The Bertz CT molecular complexity index is 946. The van der Waals surface area contributed by atoms with Gasteiger partial charge in [0.05, 0.1) is 21.1 Å². The van der Waals surface area contributed by atoms with Gasteiger partial charge in [-0.05, 0) is 25.1 Å². The lowest BCUT2D eigenvalue weighted by atomic mass is 10.1. The summed E-state index contributed by atoms with van der Waals surface area (Å²) < 4.78 is 44.4. The van der Waals surface area contributed by atoms with Crippen LogP contribution in [0.3, 0.4) is 0 Å². The predicted octanol–water partition coefficient (Wildman–Crippen LogP) is 3.85. The number of nitro groups is 2. The Balaban J connectivity index is 2.12. The zero-order chi connectivity index (χ0) is 21.1. The van der Waals surface area contributed by atoms with Crippen LogP contribution in [0.15, 0.2) is 36.4 Å². The van der Waals surface area contributed by atoms with Gasteiger partial charge in [0.2, 0.25) is 0 Å². The number of ether oxygens (including phenoxy) is 1. The molecule has 9 nitrogen and oxygen atoms in total. The minimum atomic E-state index is -4.93. The number of rotatable bonds is 6. The summed E-state index contributed by atoms with van der Waals surface area (Å²) in [6.07, 6.45) is -4.93. The Morgan fingerprint density at radius 2 is 1.79 bits per heavy atom. The van der Waals surface area contributed by atoms with Gasteiger partial charge in [0.25, 0.3) is 17.3 Å². The highest BCUT2D eigenvalue weighted by atomic mass is 19.4. The Morgan fingerprint density at radius 1 is 1.11 bits per heavy atom. The van der Waals surface area contributed by atoms with E-state index in [-0.39, 0.29) is 17.0 Å². The lowest BCUT2D eigenvalue weighted by Crippen LogP contribution is -2.22. The number of nitro benzene ring substituents is 2. The van der Waals surface area contributed by atoms with Gasteiger partial charge in [-0.1, -0.05) is 0 Å². The molecule has 0 aliphatic carbocycles. The first-order valence-electron chi connectivity index (χ1n) is 7.52. The van der Waals surface area contributed by atoms with E-state index in [4.69, 9.17) is 4.74 Å². The van der Waals surface area contributed by atoms with E-state index in [9.17, 15) is 38.2 Å². The third-order valence-corrected chi connectivity index (χ3v) is 3.53. The largest absolute Gasteiger partial charge is 0.484 e. The number of amides is 1. The average molecular weight is 399 g/mol. The number of carbonyl (C=O) groups excluding carboxylic acids is 1.